The van der Waals surface area contributed by atoms with Crippen molar-refractivity contribution in [1.82, 2.24) is 15.5 Å². The summed E-state index contributed by atoms with van der Waals surface area (Å²) in [6.45, 7) is 8.36. The maximum absolute atomic E-state index is 13.2. The fraction of sp³-hybridized carbons (Fsp3) is 0.588. The summed E-state index contributed by atoms with van der Waals surface area (Å²) in [5.74, 6) is 1.04. The van der Waals surface area contributed by atoms with Crippen molar-refractivity contribution in [2.24, 2.45) is 10.9 Å². The van der Waals surface area contributed by atoms with E-state index in [1.165, 1.54) is 12.1 Å². The summed E-state index contributed by atoms with van der Waals surface area (Å²) >= 11 is 0. The van der Waals surface area contributed by atoms with Gasteiger partial charge in [-0.15, -0.1) is 24.0 Å². The largest absolute Gasteiger partial charge is 0.379 e. The number of hydrogen-bond donors (Lipinski definition) is 2. The van der Waals surface area contributed by atoms with Crippen LogP contribution < -0.4 is 10.6 Å². The first-order valence-corrected chi connectivity index (χ1v) is 8.16. The van der Waals surface area contributed by atoms with Crippen LogP contribution in [0.1, 0.15) is 12.5 Å². The molecule has 1 aromatic carbocycles. The van der Waals surface area contributed by atoms with Crippen LogP contribution in [0.3, 0.4) is 0 Å². The van der Waals surface area contributed by atoms with Crippen LogP contribution in [0.2, 0.25) is 0 Å². The summed E-state index contributed by atoms with van der Waals surface area (Å²) in [5.41, 5.74) is 0.898. The van der Waals surface area contributed by atoms with Crippen molar-refractivity contribution in [2.45, 2.75) is 13.5 Å². The number of nitrogens with one attached hydrogen (secondary N) is 2. The SMILES string of the molecule is CN=C(NCc1cccc(F)c1)NCC(C)CN1CCOCC1.I. The summed E-state index contributed by atoms with van der Waals surface area (Å²) in [6, 6.07) is 6.59. The van der Waals surface area contributed by atoms with E-state index in [0.29, 0.717) is 12.5 Å². The Morgan fingerprint density at radius 3 is 2.75 bits per heavy atom. The second kappa shape index (κ2) is 11.6. The van der Waals surface area contributed by atoms with Crippen LogP contribution in [0.5, 0.6) is 0 Å². The van der Waals surface area contributed by atoms with Crippen LogP contribution in [0.15, 0.2) is 29.3 Å². The van der Waals surface area contributed by atoms with Gasteiger partial charge < -0.3 is 15.4 Å². The van der Waals surface area contributed by atoms with Crippen LogP contribution in [0, 0.1) is 11.7 Å². The first kappa shape index (κ1) is 21.1. The lowest BCUT2D eigenvalue weighted by Gasteiger charge is -2.29. The van der Waals surface area contributed by atoms with Gasteiger partial charge in [-0.1, -0.05) is 19.1 Å². The van der Waals surface area contributed by atoms with Gasteiger partial charge in [0.2, 0.25) is 0 Å². The molecule has 0 aromatic heterocycles. The third-order valence-corrected chi connectivity index (χ3v) is 3.86. The fourth-order valence-electron chi connectivity index (χ4n) is 2.61. The first-order chi connectivity index (χ1) is 11.2. The molecule has 0 saturated carbocycles. The number of benzene rings is 1. The Morgan fingerprint density at radius 1 is 1.33 bits per heavy atom. The molecule has 1 atom stereocenters. The molecule has 1 aromatic rings. The second-order valence-electron chi connectivity index (χ2n) is 5.95. The molecule has 1 unspecified atom stereocenters. The average molecular weight is 450 g/mol. The number of nitrogens with zero attached hydrogens (tertiary/aromatic N) is 2. The van der Waals surface area contributed by atoms with Crippen LogP contribution in [0.25, 0.3) is 0 Å². The summed E-state index contributed by atoms with van der Waals surface area (Å²) in [6.07, 6.45) is 0. The van der Waals surface area contributed by atoms with Crippen molar-refractivity contribution in [2.75, 3.05) is 46.4 Å². The third-order valence-electron chi connectivity index (χ3n) is 3.86. The molecule has 24 heavy (non-hydrogen) atoms. The fourth-order valence-corrected chi connectivity index (χ4v) is 2.61. The molecule has 0 bridgehead atoms. The predicted octanol–water partition coefficient (Wildman–Crippen LogP) is 2.08. The van der Waals surface area contributed by atoms with Crippen LogP contribution in [-0.2, 0) is 11.3 Å². The highest BCUT2D eigenvalue weighted by atomic mass is 127. The minimum Gasteiger partial charge on any atom is -0.379 e. The van der Waals surface area contributed by atoms with Crippen LogP contribution in [-0.4, -0.2) is 57.3 Å². The van der Waals surface area contributed by atoms with E-state index >= 15 is 0 Å². The van der Waals surface area contributed by atoms with Crippen molar-refractivity contribution in [3.8, 4) is 0 Å². The Bertz CT molecular complexity index is 509. The van der Waals surface area contributed by atoms with E-state index in [1.54, 1.807) is 13.1 Å². The van der Waals surface area contributed by atoms with Gasteiger partial charge >= 0.3 is 0 Å². The van der Waals surface area contributed by atoms with E-state index in [0.717, 1.165) is 50.9 Å². The average Bonchev–Trinajstić information content (AvgIpc) is 2.56. The van der Waals surface area contributed by atoms with Gasteiger partial charge in [-0.25, -0.2) is 4.39 Å². The van der Waals surface area contributed by atoms with E-state index in [9.17, 15) is 4.39 Å². The molecule has 0 spiro atoms. The topological polar surface area (TPSA) is 48.9 Å². The van der Waals surface area contributed by atoms with E-state index in [-0.39, 0.29) is 29.8 Å². The van der Waals surface area contributed by atoms with Gasteiger partial charge in [0.1, 0.15) is 5.82 Å². The van der Waals surface area contributed by atoms with Gasteiger partial charge in [-0.3, -0.25) is 9.89 Å². The smallest absolute Gasteiger partial charge is 0.191 e. The first-order valence-electron chi connectivity index (χ1n) is 8.16. The Kier molecular flexibility index (Phi) is 10.2. The number of halogens is 2. The molecule has 0 amide bonds. The Balaban J connectivity index is 0.00000288. The Labute approximate surface area is 161 Å². The van der Waals surface area contributed by atoms with Gasteiger partial charge in [0.05, 0.1) is 13.2 Å². The quantitative estimate of drug-likeness (QED) is 0.396. The van der Waals surface area contributed by atoms with Crippen molar-refractivity contribution >= 4 is 29.9 Å². The minimum absolute atomic E-state index is 0. The van der Waals surface area contributed by atoms with Crippen molar-refractivity contribution in [3.05, 3.63) is 35.6 Å². The maximum atomic E-state index is 13.2. The van der Waals surface area contributed by atoms with E-state index in [4.69, 9.17) is 4.74 Å². The Hall–Kier alpha value is -0.930. The third kappa shape index (κ3) is 7.76. The molecule has 1 saturated heterocycles. The number of guanidine groups is 1. The zero-order valence-corrected chi connectivity index (χ0v) is 16.8. The van der Waals surface area contributed by atoms with E-state index in [2.05, 4.69) is 27.4 Å². The second-order valence-corrected chi connectivity index (χ2v) is 5.95. The van der Waals surface area contributed by atoms with Gasteiger partial charge in [0, 0.05) is 39.8 Å². The summed E-state index contributed by atoms with van der Waals surface area (Å²) in [5, 5.41) is 6.54. The number of aliphatic imine (C=N–C) groups is 1. The molecule has 0 radical (unpaired) electrons. The van der Waals surface area contributed by atoms with E-state index < -0.39 is 0 Å². The highest BCUT2D eigenvalue weighted by molar-refractivity contribution is 14.0. The summed E-state index contributed by atoms with van der Waals surface area (Å²) < 4.78 is 18.5. The summed E-state index contributed by atoms with van der Waals surface area (Å²) in [7, 11) is 1.74. The molecule has 2 N–H and O–H groups in total. The molecule has 1 aliphatic heterocycles. The normalized spacial score (nSPS) is 17.0. The molecule has 5 nitrogen and oxygen atoms in total. The number of morpholine rings is 1. The lowest BCUT2D eigenvalue weighted by molar-refractivity contribution is 0.0320. The van der Waals surface area contributed by atoms with Gasteiger partial charge in [0.25, 0.3) is 0 Å². The van der Waals surface area contributed by atoms with Crippen molar-refractivity contribution < 1.29 is 9.13 Å². The lowest BCUT2D eigenvalue weighted by Crippen LogP contribution is -2.43. The molecule has 0 aliphatic carbocycles. The van der Waals surface area contributed by atoms with Crippen LogP contribution in [0.4, 0.5) is 4.39 Å². The molecule has 1 aliphatic rings. The van der Waals surface area contributed by atoms with Gasteiger partial charge in [0.15, 0.2) is 5.96 Å². The number of ether oxygens (including phenoxy) is 1. The zero-order chi connectivity index (χ0) is 16.5. The standard InChI is InChI=1S/C17H27FN4O.HI/c1-14(13-22-6-8-23-9-7-22)11-20-17(19-2)21-12-15-4-3-5-16(18)10-15;/h3-5,10,14H,6-9,11-13H2,1-2H3,(H2,19,20,21);1H. The van der Waals surface area contributed by atoms with Gasteiger partial charge in [-0.05, 0) is 23.6 Å². The maximum Gasteiger partial charge on any atom is 0.191 e. The molecular formula is C17H28FIN4O. The molecule has 1 heterocycles. The monoisotopic (exact) mass is 450 g/mol. The Morgan fingerprint density at radius 2 is 2.08 bits per heavy atom. The van der Waals surface area contributed by atoms with Crippen LogP contribution >= 0.6 is 24.0 Å². The molecule has 2 rings (SSSR count). The van der Waals surface area contributed by atoms with E-state index in [1.807, 2.05) is 6.07 Å². The van der Waals surface area contributed by atoms with Crippen molar-refractivity contribution in [1.29, 1.82) is 0 Å². The highest BCUT2D eigenvalue weighted by Crippen LogP contribution is 2.04. The molecular weight excluding hydrogens is 422 g/mol. The minimum atomic E-state index is -0.216. The summed E-state index contributed by atoms with van der Waals surface area (Å²) in [4.78, 5) is 6.64. The number of hydrogen-bond acceptors (Lipinski definition) is 3. The molecule has 7 heteroatoms. The van der Waals surface area contributed by atoms with Gasteiger partial charge in [-0.2, -0.15) is 0 Å². The lowest BCUT2D eigenvalue weighted by atomic mass is 10.1. The molecule has 136 valence electrons. The zero-order valence-electron chi connectivity index (χ0n) is 14.4. The number of rotatable bonds is 6. The molecule has 1 fully saturated rings. The predicted molar refractivity (Wildman–Crippen MR) is 106 cm³/mol. The van der Waals surface area contributed by atoms with Crippen molar-refractivity contribution in [3.63, 3.8) is 0 Å². The highest BCUT2D eigenvalue weighted by Gasteiger charge is 2.13.